The molecular formula is C13H10ClNO3. The van der Waals surface area contributed by atoms with Crippen molar-refractivity contribution in [3.63, 3.8) is 0 Å². The van der Waals surface area contributed by atoms with E-state index in [-0.39, 0.29) is 17.4 Å². The average Bonchev–Trinajstić information content (AvgIpc) is 3.14. The predicted octanol–water partition coefficient (Wildman–Crippen LogP) is 3.15. The maximum Gasteiger partial charge on any atom is 0.362 e. The van der Waals surface area contributed by atoms with E-state index in [9.17, 15) is 9.90 Å². The van der Waals surface area contributed by atoms with Gasteiger partial charge in [0.2, 0.25) is 0 Å². The molecule has 5 heteroatoms. The predicted molar refractivity (Wildman–Crippen MR) is 68.6 cm³/mol. The smallest absolute Gasteiger partial charge is 0.362 e. The van der Waals surface area contributed by atoms with Gasteiger partial charge in [-0.25, -0.2) is 9.78 Å². The van der Waals surface area contributed by atoms with Gasteiger partial charge < -0.3 is 9.52 Å². The summed E-state index contributed by atoms with van der Waals surface area (Å²) in [7, 11) is 0. The molecule has 1 aromatic heterocycles. The van der Waals surface area contributed by atoms with Crippen LogP contribution in [-0.4, -0.2) is 10.1 Å². The number of hydrogen-bond acceptors (Lipinski definition) is 4. The van der Waals surface area contributed by atoms with Gasteiger partial charge in [-0.05, 0) is 31.0 Å². The van der Waals surface area contributed by atoms with Gasteiger partial charge in [0, 0.05) is 17.0 Å². The Bertz CT molecular complexity index is 701. The van der Waals surface area contributed by atoms with E-state index in [1.165, 1.54) is 6.08 Å². The van der Waals surface area contributed by atoms with Crippen LogP contribution in [-0.2, 0) is 0 Å². The summed E-state index contributed by atoms with van der Waals surface area (Å²) in [6, 6.07) is 4.84. The van der Waals surface area contributed by atoms with Crippen LogP contribution >= 0.6 is 11.6 Å². The molecule has 4 nitrogen and oxygen atoms in total. The van der Waals surface area contributed by atoms with Gasteiger partial charge in [-0.1, -0.05) is 11.6 Å². The summed E-state index contributed by atoms with van der Waals surface area (Å²) < 4.78 is 5.12. The van der Waals surface area contributed by atoms with Crippen molar-refractivity contribution in [3.8, 4) is 0 Å². The van der Waals surface area contributed by atoms with Gasteiger partial charge in [0.1, 0.15) is 5.52 Å². The second-order valence-corrected chi connectivity index (χ2v) is 4.78. The third-order valence-corrected chi connectivity index (χ3v) is 3.09. The molecule has 1 N–H and O–H groups in total. The number of aliphatic hydroxyl groups excluding tert-OH is 1. The molecule has 1 fully saturated rings. The second kappa shape index (κ2) is 4.14. The fourth-order valence-electron chi connectivity index (χ4n) is 1.72. The first kappa shape index (κ1) is 11.3. The van der Waals surface area contributed by atoms with E-state index in [0.717, 1.165) is 12.8 Å². The summed E-state index contributed by atoms with van der Waals surface area (Å²) in [5.74, 6) is 0.359. The zero-order valence-corrected chi connectivity index (χ0v) is 10.1. The van der Waals surface area contributed by atoms with Gasteiger partial charge in [0.05, 0.1) is 5.76 Å². The first-order chi connectivity index (χ1) is 8.63. The van der Waals surface area contributed by atoms with Crippen LogP contribution in [0.4, 0.5) is 0 Å². The molecule has 0 atom stereocenters. The van der Waals surface area contributed by atoms with Crippen LogP contribution in [0.1, 0.15) is 18.5 Å². The number of benzene rings is 1. The minimum atomic E-state index is -0.558. The Morgan fingerprint density at radius 1 is 1.50 bits per heavy atom. The highest BCUT2D eigenvalue weighted by Crippen LogP contribution is 2.35. The zero-order valence-electron chi connectivity index (χ0n) is 9.39. The number of hydrogen-bond donors (Lipinski definition) is 1. The number of aliphatic hydroxyl groups is 1. The molecule has 1 aromatic carbocycles. The molecule has 1 aliphatic rings. The van der Waals surface area contributed by atoms with E-state index >= 15 is 0 Å². The Labute approximate surface area is 108 Å². The number of rotatable bonds is 2. The second-order valence-electron chi connectivity index (χ2n) is 4.34. The number of nitrogens with zero attached hydrogens (tertiary/aromatic N) is 1. The maximum absolute atomic E-state index is 11.7. The lowest BCUT2D eigenvalue weighted by Crippen LogP contribution is -2.06. The summed E-state index contributed by atoms with van der Waals surface area (Å²) in [4.78, 5) is 15.8. The minimum absolute atomic E-state index is 0.106. The summed E-state index contributed by atoms with van der Waals surface area (Å²) in [6.07, 6.45) is 3.28. The Hall–Kier alpha value is -1.81. The van der Waals surface area contributed by atoms with Crippen LogP contribution in [0.15, 0.2) is 33.2 Å². The van der Waals surface area contributed by atoms with Crippen molar-refractivity contribution in [2.24, 2.45) is 5.92 Å². The molecule has 0 spiro atoms. The molecule has 0 radical (unpaired) electrons. The van der Waals surface area contributed by atoms with Crippen LogP contribution in [0, 0.1) is 5.92 Å². The van der Waals surface area contributed by atoms with Gasteiger partial charge in [-0.2, -0.15) is 0 Å². The number of fused-ring (bicyclic) bond motifs is 1. The highest BCUT2D eigenvalue weighted by molar-refractivity contribution is 6.31. The fourth-order valence-corrected chi connectivity index (χ4v) is 1.89. The molecule has 18 heavy (non-hydrogen) atoms. The molecule has 0 bridgehead atoms. The monoisotopic (exact) mass is 263 g/mol. The van der Waals surface area contributed by atoms with Crippen molar-refractivity contribution in [2.75, 3.05) is 0 Å². The Balaban J connectivity index is 2.14. The fraction of sp³-hybridized carbons (Fsp3) is 0.231. The number of aromatic nitrogens is 1. The van der Waals surface area contributed by atoms with Crippen molar-refractivity contribution >= 4 is 28.8 Å². The van der Waals surface area contributed by atoms with Crippen LogP contribution in [0.2, 0.25) is 5.02 Å². The summed E-state index contributed by atoms with van der Waals surface area (Å²) in [5, 5.41) is 10.2. The Morgan fingerprint density at radius 3 is 3.00 bits per heavy atom. The first-order valence-corrected chi connectivity index (χ1v) is 6.02. The van der Waals surface area contributed by atoms with Crippen LogP contribution in [0.3, 0.4) is 0 Å². The van der Waals surface area contributed by atoms with Crippen molar-refractivity contribution in [1.29, 1.82) is 0 Å². The van der Waals surface area contributed by atoms with E-state index in [4.69, 9.17) is 16.0 Å². The molecule has 0 saturated heterocycles. The Kier molecular flexibility index (Phi) is 2.59. The number of halogens is 1. The van der Waals surface area contributed by atoms with Crippen molar-refractivity contribution < 1.29 is 9.52 Å². The molecule has 2 aromatic rings. The van der Waals surface area contributed by atoms with Gasteiger partial charge in [-0.15, -0.1) is 0 Å². The van der Waals surface area contributed by atoms with E-state index in [0.29, 0.717) is 16.1 Å². The topological polar surface area (TPSA) is 63.3 Å². The minimum Gasteiger partial charge on any atom is -0.512 e. The number of allylic oxidation sites excluding steroid dienone is 1. The van der Waals surface area contributed by atoms with Crippen LogP contribution in [0.25, 0.3) is 17.2 Å². The first-order valence-electron chi connectivity index (χ1n) is 5.64. The molecule has 1 heterocycles. The molecule has 1 saturated carbocycles. The molecule has 92 valence electrons. The Morgan fingerprint density at radius 2 is 2.28 bits per heavy atom. The summed E-state index contributed by atoms with van der Waals surface area (Å²) in [6.45, 7) is 0. The third-order valence-electron chi connectivity index (χ3n) is 2.85. The van der Waals surface area contributed by atoms with Crippen molar-refractivity contribution in [1.82, 2.24) is 4.98 Å². The lowest BCUT2D eigenvalue weighted by molar-refractivity contribution is 0.384. The zero-order chi connectivity index (χ0) is 12.7. The molecule has 1 aliphatic carbocycles. The van der Waals surface area contributed by atoms with E-state index < -0.39 is 5.63 Å². The summed E-state index contributed by atoms with van der Waals surface area (Å²) >= 11 is 5.85. The van der Waals surface area contributed by atoms with Crippen molar-refractivity contribution in [2.45, 2.75) is 12.8 Å². The van der Waals surface area contributed by atoms with Gasteiger partial charge in [0.25, 0.3) is 0 Å². The maximum atomic E-state index is 11.7. The van der Waals surface area contributed by atoms with Gasteiger partial charge >= 0.3 is 5.63 Å². The SMILES string of the molecule is O=c1oc2ccc(Cl)cc2nc1C=C(O)C1CC1. The quantitative estimate of drug-likeness (QED) is 0.846. The summed E-state index contributed by atoms with van der Waals surface area (Å²) in [5.41, 5.74) is 0.426. The van der Waals surface area contributed by atoms with Gasteiger partial charge in [0.15, 0.2) is 11.3 Å². The van der Waals surface area contributed by atoms with Crippen molar-refractivity contribution in [3.05, 3.63) is 45.1 Å². The van der Waals surface area contributed by atoms with Crippen LogP contribution in [0.5, 0.6) is 0 Å². The normalized spacial score (nSPS) is 16.2. The molecule has 0 aliphatic heterocycles. The average molecular weight is 264 g/mol. The third kappa shape index (κ3) is 2.11. The van der Waals surface area contributed by atoms with Crippen LogP contribution < -0.4 is 5.63 Å². The highest BCUT2D eigenvalue weighted by Gasteiger charge is 2.26. The lowest BCUT2D eigenvalue weighted by atomic mass is 10.2. The molecule has 0 unspecified atom stereocenters. The largest absolute Gasteiger partial charge is 0.512 e. The van der Waals surface area contributed by atoms with E-state index in [1.807, 2.05) is 0 Å². The standard InChI is InChI=1S/C13H10ClNO3/c14-8-3-4-12-9(5-8)15-10(13(17)18-12)6-11(16)7-1-2-7/h3-7,16H,1-2H2. The molecule has 3 rings (SSSR count). The van der Waals surface area contributed by atoms with E-state index in [2.05, 4.69) is 4.98 Å². The molecule has 0 amide bonds. The molecular weight excluding hydrogens is 254 g/mol. The van der Waals surface area contributed by atoms with Gasteiger partial charge in [-0.3, -0.25) is 0 Å². The highest BCUT2D eigenvalue weighted by atomic mass is 35.5. The van der Waals surface area contributed by atoms with E-state index in [1.54, 1.807) is 18.2 Å². The lowest BCUT2D eigenvalue weighted by Gasteiger charge is -1.99.